The number of nitrogens with zero attached hydrogens (tertiary/aromatic N) is 1. The summed E-state index contributed by atoms with van der Waals surface area (Å²) in [6, 6.07) is 10.7. The number of ether oxygens (including phenoxy) is 1. The van der Waals surface area contributed by atoms with Crippen molar-refractivity contribution in [2.24, 2.45) is 0 Å². The molecule has 0 aromatic heterocycles. The van der Waals surface area contributed by atoms with E-state index in [0.29, 0.717) is 6.10 Å². The Hall–Kier alpha value is -0.900. The van der Waals surface area contributed by atoms with Crippen LogP contribution in [0.2, 0.25) is 0 Å². The Morgan fingerprint density at radius 3 is 2.84 bits per heavy atom. The monoisotopic (exact) mass is 262 g/mol. The molecule has 0 aliphatic carbocycles. The van der Waals surface area contributed by atoms with E-state index in [-0.39, 0.29) is 0 Å². The maximum absolute atomic E-state index is 5.61. The van der Waals surface area contributed by atoms with Crippen LogP contribution in [0, 0.1) is 0 Å². The van der Waals surface area contributed by atoms with Crippen LogP contribution < -0.4 is 5.32 Å². The summed E-state index contributed by atoms with van der Waals surface area (Å²) in [7, 11) is 0. The van der Waals surface area contributed by atoms with Crippen molar-refractivity contribution in [2.75, 3.05) is 32.8 Å². The van der Waals surface area contributed by atoms with Gasteiger partial charge in [-0.3, -0.25) is 4.90 Å². The summed E-state index contributed by atoms with van der Waals surface area (Å²) < 4.78 is 5.61. The molecule has 1 fully saturated rings. The van der Waals surface area contributed by atoms with Crippen molar-refractivity contribution in [3.63, 3.8) is 0 Å². The minimum Gasteiger partial charge on any atom is -0.377 e. The predicted molar refractivity (Wildman–Crippen MR) is 79.2 cm³/mol. The van der Waals surface area contributed by atoms with Gasteiger partial charge in [-0.05, 0) is 24.9 Å². The minimum atomic E-state index is 0.448. The molecule has 1 N–H and O–H groups in total. The molecule has 0 spiro atoms. The maximum atomic E-state index is 5.61. The molecule has 106 valence electrons. The topological polar surface area (TPSA) is 24.5 Å². The zero-order chi connectivity index (χ0) is 13.3. The third-order valence-corrected chi connectivity index (χ3v) is 3.70. The van der Waals surface area contributed by atoms with E-state index in [0.717, 1.165) is 39.3 Å². The quantitative estimate of drug-likeness (QED) is 0.727. The second-order valence-corrected chi connectivity index (χ2v) is 5.19. The van der Waals surface area contributed by atoms with Crippen LogP contribution in [-0.2, 0) is 11.3 Å². The molecule has 0 amide bonds. The highest BCUT2D eigenvalue weighted by Crippen LogP contribution is 2.10. The Bertz CT molecular complexity index is 336. The van der Waals surface area contributed by atoms with Crippen LogP contribution in [-0.4, -0.2) is 43.8 Å². The molecule has 3 nitrogen and oxygen atoms in total. The number of rotatable bonds is 8. The van der Waals surface area contributed by atoms with Crippen molar-refractivity contribution in [3.8, 4) is 0 Å². The van der Waals surface area contributed by atoms with Crippen LogP contribution >= 0.6 is 0 Å². The van der Waals surface area contributed by atoms with Crippen molar-refractivity contribution in [3.05, 3.63) is 35.9 Å². The normalized spacial score (nSPS) is 19.2. The first kappa shape index (κ1) is 14.5. The predicted octanol–water partition coefficient (Wildman–Crippen LogP) is 2.28. The van der Waals surface area contributed by atoms with Crippen molar-refractivity contribution in [1.29, 1.82) is 0 Å². The van der Waals surface area contributed by atoms with Crippen LogP contribution in [0.4, 0.5) is 0 Å². The van der Waals surface area contributed by atoms with Crippen molar-refractivity contribution < 1.29 is 4.74 Å². The second-order valence-electron chi connectivity index (χ2n) is 5.19. The van der Waals surface area contributed by atoms with E-state index in [1.165, 1.54) is 18.4 Å². The van der Waals surface area contributed by atoms with Gasteiger partial charge in [-0.15, -0.1) is 0 Å². The average Bonchev–Trinajstić information content (AvgIpc) is 2.96. The van der Waals surface area contributed by atoms with Gasteiger partial charge in [0.1, 0.15) is 0 Å². The fourth-order valence-electron chi connectivity index (χ4n) is 2.50. The van der Waals surface area contributed by atoms with E-state index in [1.807, 2.05) is 0 Å². The summed E-state index contributed by atoms with van der Waals surface area (Å²) in [6.45, 7) is 8.45. The molecule has 1 aromatic rings. The van der Waals surface area contributed by atoms with Crippen LogP contribution in [0.25, 0.3) is 0 Å². The molecule has 1 heterocycles. The van der Waals surface area contributed by atoms with Gasteiger partial charge < -0.3 is 10.1 Å². The highest BCUT2D eigenvalue weighted by molar-refractivity contribution is 5.14. The number of likely N-dealkylation sites (N-methyl/N-ethyl adjacent to an activating group) is 1. The molecule has 19 heavy (non-hydrogen) atoms. The van der Waals surface area contributed by atoms with Crippen LogP contribution in [0.1, 0.15) is 25.3 Å². The second kappa shape index (κ2) is 8.31. The molecule has 1 aliphatic heterocycles. The lowest BCUT2D eigenvalue weighted by atomic mass is 10.2. The van der Waals surface area contributed by atoms with Gasteiger partial charge in [0, 0.05) is 32.8 Å². The van der Waals surface area contributed by atoms with E-state index < -0.39 is 0 Å². The van der Waals surface area contributed by atoms with Gasteiger partial charge in [0.15, 0.2) is 0 Å². The molecule has 1 unspecified atom stereocenters. The number of hydrogen-bond donors (Lipinski definition) is 1. The largest absolute Gasteiger partial charge is 0.377 e. The van der Waals surface area contributed by atoms with Gasteiger partial charge in [-0.2, -0.15) is 0 Å². The summed E-state index contributed by atoms with van der Waals surface area (Å²) in [5.74, 6) is 0. The molecule has 0 radical (unpaired) electrons. The SMILES string of the molecule is CCN(CCNCC1CCCO1)Cc1ccccc1. The summed E-state index contributed by atoms with van der Waals surface area (Å²) >= 11 is 0. The fourth-order valence-corrected chi connectivity index (χ4v) is 2.50. The molecule has 1 aliphatic rings. The third-order valence-electron chi connectivity index (χ3n) is 3.70. The molecular weight excluding hydrogens is 236 g/mol. The lowest BCUT2D eigenvalue weighted by Crippen LogP contribution is -2.35. The molecular formula is C16H26N2O. The standard InChI is InChI=1S/C16H26N2O/c1-2-18(14-15-7-4-3-5-8-15)11-10-17-13-16-9-6-12-19-16/h3-5,7-8,16-17H,2,6,9-14H2,1H3. The highest BCUT2D eigenvalue weighted by Gasteiger charge is 2.14. The molecule has 1 atom stereocenters. The molecule has 3 heteroatoms. The highest BCUT2D eigenvalue weighted by atomic mass is 16.5. The first-order valence-electron chi connectivity index (χ1n) is 7.47. The molecule has 1 aromatic carbocycles. The minimum absolute atomic E-state index is 0.448. The Balaban J connectivity index is 1.62. The number of nitrogens with one attached hydrogen (secondary N) is 1. The first-order valence-corrected chi connectivity index (χ1v) is 7.47. The molecule has 2 rings (SSSR count). The van der Waals surface area contributed by atoms with Gasteiger partial charge in [-0.25, -0.2) is 0 Å². The van der Waals surface area contributed by atoms with E-state index in [2.05, 4.69) is 47.5 Å². The number of hydrogen-bond acceptors (Lipinski definition) is 3. The van der Waals surface area contributed by atoms with Gasteiger partial charge in [0.2, 0.25) is 0 Å². The van der Waals surface area contributed by atoms with Crippen molar-refractivity contribution in [1.82, 2.24) is 10.2 Å². The smallest absolute Gasteiger partial charge is 0.0700 e. The lowest BCUT2D eigenvalue weighted by molar-refractivity contribution is 0.109. The van der Waals surface area contributed by atoms with Crippen LogP contribution in [0.3, 0.4) is 0 Å². The van der Waals surface area contributed by atoms with E-state index in [1.54, 1.807) is 0 Å². The van der Waals surface area contributed by atoms with Crippen LogP contribution in [0.5, 0.6) is 0 Å². The van der Waals surface area contributed by atoms with Gasteiger partial charge in [0.25, 0.3) is 0 Å². The maximum Gasteiger partial charge on any atom is 0.0700 e. The number of benzene rings is 1. The van der Waals surface area contributed by atoms with Gasteiger partial charge >= 0.3 is 0 Å². The molecule has 0 bridgehead atoms. The Kier molecular flexibility index (Phi) is 6.34. The summed E-state index contributed by atoms with van der Waals surface area (Å²) in [4.78, 5) is 2.47. The summed E-state index contributed by atoms with van der Waals surface area (Å²) in [6.07, 6.45) is 2.89. The zero-order valence-corrected chi connectivity index (χ0v) is 12.0. The fraction of sp³-hybridized carbons (Fsp3) is 0.625. The Labute approximate surface area is 116 Å². The van der Waals surface area contributed by atoms with Crippen molar-refractivity contribution >= 4 is 0 Å². The van der Waals surface area contributed by atoms with E-state index in [9.17, 15) is 0 Å². The third kappa shape index (κ3) is 5.31. The first-order chi connectivity index (χ1) is 9.38. The lowest BCUT2D eigenvalue weighted by Gasteiger charge is -2.21. The summed E-state index contributed by atoms with van der Waals surface area (Å²) in [5.41, 5.74) is 1.39. The summed E-state index contributed by atoms with van der Waals surface area (Å²) in [5, 5.41) is 3.51. The Morgan fingerprint density at radius 1 is 1.32 bits per heavy atom. The molecule has 1 saturated heterocycles. The average molecular weight is 262 g/mol. The van der Waals surface area contributed by atoms with Crippen LogP contribution in [0.15, 0.2) is 30.3 Å². The molecule has 0 saturated carbocycles. The van der Waals surface area contributed by atoms with E-state index in [4.69, 9.17) is 4.74 Å². The van der Waals surface area contributed by atoms with Gasteiger partial charge in [0.05, 0.1) is 6.10 Å². The zero-order valence-electron chi connectivity index (χ0n) is 12.0. The Morgan fingerprint density at radius 2 is 2.16 bits per heavy atom. The van der Waals surface area contributed by atoms with Crippen molar-refractivity contribution in [2.45, 2.75) is 32.4 Å². The van der Waals surface area contributed by atoms with Gasteiger partial charge in [-0.1, -0.05) is 37.3 Å². The van der Waals surface area contributed by atoms with E-state index >= 15 is 0 Å².